The molecule has 0 aromatic carbocycles. The van der Waals surface area contributed by atoms with Crippen molar-refractivity contribution in [3.05, 3.63) is 0 Å². The van der Waals surface area contributed by atoms with Gasteiger partial charge in [-0.2, -0.15) is 0 Å². The summed E-state index contributed by atoms with van der Waals surface area (Å²) in [6, 6.07) is 0. The first kappa shape index (κ1) is 18.0. The molecule has 1 amide bonds. The minimum absolute atomic E-state index is 0.147. The highest BCUT2D eigenvalue weighted by molar-refractivity contribution is 5.80. The number of nitrogens with one attached hydrogen (secondary N) is 1. The largest absolute Gasteiger partial charge is 0.377 e. The fourth-order valence-corrected chi connectivity index (χ4v) is 2.87. The minimum atomic E-state index is 0.147. The SMILES string of the molecule is CCNC(=NCCOCC1CCCO1)N1CCN(C(C)=O)CC1. The Bertz CT molecular complexity index is 389. The zero-order chi connectivity index (χ0) is 16.5. The summed E-state index contributed by atoms with van der Waals surface area (Å²) >= 11 is 0. The molecule has 0 saturated carbocycles. The lowest BCUT2D eigenvalue weighted by Gasteiger charge is -2.36. The van der Waals surface area contributed by atoms with Crippen molar-refractivity contribution < 1.29 is 14.3 Å². The Morgan fingerprint density at radius 1 is 1.30 bits per heavy atom. The number of ether oxygens (including phenoxy) is 2. The zero-order valence-electron chi connectivity index (χ0n) is 14.4. The smallest absolute Gasteiger partial charge is 0.219 e. The second kappa shape index (κ2) is 9.72. The predicted molar refractivity (Wildman–Crippen MR) is 89.6 cm³/mol. The van der Waals surface area contributed by atoms with Crippen molar-refractivity contribution in [2.45, 2.75) is 32.8 Å². The molecule has 1 unspecified atom stereocenters. The molecule has 7 nitrogen and oxygen atoms in total. The molecule has 2 fully saturated rings. The molecule has 2 heterocycles. The molecule has 0 aromatic heterocycles. The van der Waals surface area contributed by atoms with E-state index >= 15 is 0 Å². The summed E-state index contributed by atoms with van der Waals surface area (Å²) in [4.78, 5) is 20.1. The number of amides is 1. The van der Waals surface area contributed by atoms with Crippen LogP contribution in [0.15, 0.2) is 4.99 Å². The van der Waals surface area contributed by atoms with Crippen LogP contribution in [0.2, 0.25) is 0 Å². The summed E-state index contributed by atoms with van der Waals surface area (Å²) in [6.07, 6.45) is 2.52. The lowest BCUT2D eigenvalue weighted by atomic mass is 10.2. The lowest BCUT2D eigenvalue weighted by molar-refractivity contribution is -0.130. The van der Waals surface area contributed by atoms with E-state index in [2.05, 4.69) is 22.1 Å². The number of hydrogen-bond donors (Lipinski definition) is 1. The number of carbonyl (C=O) groups is 1. The Morgan fingerprint density at radius 3 is 2.65 bits per heavy atom. The quantitative estimate of drug-likeness (QED) is 0.432. The zero-order valence-corrected chi connectivity index (χ0v) is 14.4. The molecule has 2 rings (SSSR count). The van der Waals surface area contributed by atoms with E-state index < -0.39 is 0 Å². The van der Waals surface area contributed by atoms with Gasteiger partial charge in [0.1, 0.15) is 0 Å². The Hall–Kier alpha value is -1.34. The molecule has 1 atom stereocenters. The fourth-order valence-electron chi connectivity index (χ4n) is 2.87. The summed E-state index contributed by atoms with van der Waals surface area (Å²) in [5, 5.41) is 3.32. The Balaban J connectivity index is 1.70. The van der Waals surface area contributed by atoms with Crippen LogP contribution in [0.25, 0.3) is 0 Å². The van der Waals surface area contributed by atoms with Gasteiger partial charge in [0.15, 0.2) is 5.96 Å². The van der Waals surface area contributed by atoms with E-state index in [4.69, 9.17) is 9.47 Å². The predicted octanol–water partition coefficient (Wildman–Crippen LogP) is 0.312. The summed E-state index contributed by atoms with van der Waals surface area (Å²) in [6.45, 7) is 10.5. The standard InChI is InChI=1S/C16H30N4O3/c1-3-17-16(20-9-7-19(8-10-20)14(2)21)18-6-12-22-13-15-5-4-11-23-15/h15H,3-13H2,1-2H3,(H,17,18). The Morgan fingerprint density at radius 2 is 2.04 bits per heavy atom. The third-order valence-corrected chi connectivity index (χ3v) is 4.18. The lowest BCUT2D eigenvalue weighted by Crippen LogP contribution is -2.53. The number of guanidine groups is 1. The average Bonchev–Trinajstić information content (AvgIpc) is 3.07. The van der Waals surface area contributed by atoms with Crippen LogP contribution in [0, 0.1) is 0 Å². The summed E-state index contributed by atoms with van der Waals surface area (Å²) in [5.41, 5.74) is 0. The molecular formula is C16H30N4O3. The maximum atomic E-state index is 11.4. The van der Waals surface area contributed by atoms with Gasteiger partial charge in [-0.1, -0.05) is 0 Å². The molecule has 2 saturated heterocycles. The van der Waals surface area contributed by atoms with Crippen molar-refractivity contribution in [3.63, 3.8) is 0 Å². The highest BCUT2D eigenvalue weighted by Gasteiger charge is 2.20. The molecule has 0 bridgehead atoms. The molecule has 0 spiro atoms. The number of hydrogen-bond acceptors (Lipinski definition) is 4. The van der Waals surface area contributed by atoms with Gasteiger partial charge in [0, 0.05) is 46.3 Å². The summed E-state index contributed by atoms with van der Waals surface area (Å²) in [5.74, 6) is 1.06. The van der Waals surface area contributed by atoms with Crippen molar-refractivity contribution in [1.82, 2.24) is 15.1 Å². The number of rotatable bonds is 6. The van der Waals surface area contributed by atoms with Crippen LogP contribution < -0.4 is 5.32 Å². The molecule has 0 aliphatic carbocycles. The van der Waals surface area contributed by atoms with E-state index in [1.165, 1.54) is 0 Å². The Labute approximate surface area is 139 Å². The molecule has 2 aliphatic heterocycles. The average molecular weight is 326 g/mol. The van der Waals surface area contributed by atoms with Gasteiger partial charge in [0.05, 0.1) is 25.9 Å². The van der Waals surface area contributed by atoms with Crippen LogP contribution >= 0.6 is 0 Å². The summed E-state index contributed by atoms with van der Waals surface area (Å²) < 4.78 is 11.2. The molecule has 132 valence electrons. The normalized spacial score (nSPS) is 22.5. The van der Waals surface area contributed by atoms with Crippen LogP contribution in [0.5, 0.6) is 0 Å². The maximum absolute atomic E-state index is 11.4. The molecule has 7 heteroatoms. The van der Waals surface area contributed by atoms with Crippen LogP contribution in [0.3, 0.4) is 0 Å². The van der Waals surface area contributed by atoms with Crippen molar-refractivity contribution in [2.75, 3.05) is 59.1 Å². The van der Waals surface area contributed by atoms with Gasteiger partial charge in [0.2, 0.25) is 5.91 Å². The van der Waals surface area contributed by atoms with E-state index in [-0.39, 0.29) is 12.0 Å². The molecule has 2 aliphatic rings. The maximum Gasteiger partial charge on any atom is 0.219 e. The Kier molecular flexibility index (Phi) is 7.61. The number of piperazine rings is 1. The van der Waals surface area contributed by atoms with Gasteiger partial charge in [0.25, 0.3) is 0 Å². The van der Waals surface area contributed by atoms with Crippen molar-refractivity contribution in [2.24, 2.45) is 4.99 Å². The van der Waals surface area contributed by atoms with Crippen LogP contribution in [0.4, 0.5) is 0 Å². The molecule has 1 N–H and O–H groups in total. The van der Waals surface area contributed by atoms with E-state index in [1.54, 1.807) is 6.92 Å². The van der Waals surface area contributed by atoms with Gasteiger partial charge in [-0.15, -0.1) is 0 Å². The highest BCUT2D eigenvalue weighted by Crippen LogP contribution is 2.11. The van der Waals surface area contributed by atoms with Gasteiger partial charge in [-0.3, -0.25) is 9.79 Å². The third-order valence-electron chi connectivity index (χ3n) is 4.18. The molecule has 0 radical (unpaired) electrons. The van der Waals surface area contributed by atoms with Crippen LogP contribution in [0.1, 0.15) is 26.7 Å². The third kappa shape index (κ3) is 5.99. The van der Waals surface area contributed by atoms with Gasteiger partial charge < -0.3 is 24.6 Å². The molecular weight excluding hydrogens is 296 g/mol. The number of nitrogens with zero attached hydrogens (tertiary/aromatic N) is 3. The van der Waals surface area contributed by atoms with E-state index in [0.29, 0.717) is 19.8 Å². The van der Waals surface area contributed by atoms with Gasteiger partial charge in [-0.25, -0.2) is 0 Å². The number of carbonyl (C=O) groups excluding carboxylic acids is 1. The number of aliphatic imine (C=N–C) groups is 1. The van der Waals surface area contributed by atoms with Crippen molar-refractivity contribution in [1.29, 1.82) is 0 Å². The molecule has 23 heavy (non-hydrogen) atoms. The second-order valence-corrected chi connectivity index (χ2v) is 5.94. The van der Waals surface area contributed by atoms with Gasteiger partial charge >= 0.3 is 0 Å². The first-order valence-corrected chi connectivity index (χ1v) is 8.68. The van der Waals surface area contributed by atoms with E-state index in [1.807, 2.05) is 4.90 Å². The first-order valence-electron chi connectivity index (χ1n) is 8.68. The topological polar surface area (TPSA) is 66.4 Å². The monoisotopic (exact) mass is 326 g/mol. The highest BCUT2D eigenvalue weighted by atomic mass is 16.5. The first-order chi connectivity index (χ1) is 11.2. The van der Waals surface area contributed by atoms with E-state index in [9.17, 15) is 4.79 Å². The van der Waals surface area contributed by atoms with Crippen LogP contribution in [-0.2, 0) is 14.3 Å². The summed E-state index contributed by atoms with van der Waals surface area (Å²) in [7, 11) is 0. The van der Waals surface area contributed by atoms with Crippen LogP contribution in [-0.4, -0.2) is 86.9 Å². The fraction of sp³-hybridized carbons (Fsp3) is 0.875. The second-order valence-electron chi connectivity index (χ2n) is 5.94. The van der Waals surface area contributed by atoms with Gasteiger partial charge in [-0.05, 0) is 19.8 Å². The minimum Gasteiger partial charge on any atom is -0.377 e. The van der Waals surface area contributed by atoms with E-state index in [0.717, 1.165) is 58.1 Å². The molecule has 0 aromatic rings. The van der Waals surface area contributed by atoms with Crippen molar-refractivity contribution in [3.8, 4) is 0 Å². The van der Waals surface area contributed by atoms with Crippen molar-refractivity contribution >= 4 is 11.9 Å².